The van der Waals surface area contributed by atoms with Crippen LogP contribution in [-0.2, 0) is 17.7 Å². The second-order valence-electron chi connectivity index (χ2n) is 4.13. The van der Waals surface area contributed by atoms with E-state index < -0.39 is 0 Å². The van der Waals surface area contributed by atoms with Gasteiger partial charge in [-0.05, 0) is 32.1 Å². The van der Waals surface area contributed by atoms with E-state index in [1.165, 1.54) is 19.3 Å². The number of ether oxygens (including phenoxy) is 1. The van der Waals surface area contributed by atoms with Crippen LogP contribution >= 0.6 is 0 Å². The van der Waals surface area contributed by atoms with E-state index in [4.69, 9.17) is 4.74 Å². The number of aryl methyl sites for hydroxylation is 2. The van der Waals surface area contributed by atoms with Gasteiger partial charge in [0.25, 0.3) is 0 Å². The largest absolute Gasteiger partial charge is 0.385 e. The molecular formula is C14H29N3O. The van der Waals surface area contributed by atoms with E-state index in [1.807, 2.05) is 18.5 Å². The minimum absolute atomic E-state index is 0.860. The van der Waals surface area contributed by atoms with Gasteiger partial charge in [0, 0.05) is 26.5 Å². The number of aromatic nitrogens is 3. The highest BCUT2D eigenvalue weighted by Crippen LogP contribution is 2.03. The Bertz CT molecular complexity index is 274. The summed E-state index contributed by atoms with van der Waals surface area (Å²) >= 11 is 0. The third-order valence-corrected chi connectivity index (χ3v) is 2.61. The van der Waals surface area contributed by atoms with Crippen LogP contribution in [0.25, 0.3) is 0 Å². The number of methoxy groups -OCH3 is 1. The molecule has 0 aromatic carbocycles. The van der Waals surface area contributed by atoms with E-state index in [-0.39, 0.29) is 0 Å². The number of nitrogens with zero attached hydrogens (tertiary/aromatic N) is 3. The van der Waals surface area contributed by atoms with Crippen LogP contribution in [0, 0.1) is 0 Å². The quantitative estimate of drug-likeness (QED) is 0.634. The molecule has 0 unspecified atom stereocenters. The Morgan fingerprint density at radius 2 is 1.94 bits per heavy atom. The summed E-state index contributed by atoms with van der Waals surface area (Å²) in [6.07, 6.45) is 9.02. The van der Waals surface area contributed by atoms with Gasteiger partial charge in [-0.3, -0.25) is 4.68 Å². The first kappa shape index (κ1) is 17.1. The molecule has 0 aliphatic rings. The van der Waals surface area contributed by atoms with Gasteiger partial charge in [-0.25, -0.2) is 0 Å². The zero-order valence-corrected chi connectivity index (χ0v) is 12.5. The monoisotopic (exact) mass is 255 g/mol. The molecule has 4 heteroatoms. The number of hydrogen-bond acceptors (Lipinski definition) is 3. The summed E-state index contributed by atoms with van der Waals surface area (Å²) in [5.74, 6) is 0. The van der Waals surface area contributed by atoms with Gasteiger partial charge in [-0.2, -0.15) is 0 Å². The summed E-state index contributed by atoms with van der Waals surface area (Å²) in [6.45, 7) is 8.03. The third kappa shape index (κ3) is 8.23. The van der Waals surface area contributed by atoms with Gasteiger partial charge in [0.1, 0.15) is 0 Å². The maximum absolute atomic E-state index is 5.01. The van der Waals surface area contributed by atoms with Gasteiger partial charge in [0.05, 0.1) is 5.69 Å². The molecule has 1 aromatic heterocycles. The molecule has 1 aromatic rings. The second kappa shape index (κ2) is 12.6. The van der Waals surface area contributed by atoms with Crippen molar-refractivity contribution in [3.8, 4) is 0 Å². The lowest BCUT2D eigenvalue weighted by Gasteiger charge is -2.00. The molecule has 0 saturated heterocycles. The number of hydrogen-bond donors (Lipinski definition) is 0. The number of rotatable bonds is 9. The Morgan fingerprint density at radius 3 is 2.61 bits per heavy atom. The van der Waals surface area contributed by atoms with Crippen molar-refractivity contribution < 1.29 is 4.74 Å². The second-order valence-corrected chi connectivity index (χ2v) is 4.13. The van der Waals surface area contributed by atoms with E-state index in [0.29, 0.717) is 0 Å². The standard InChI is InChI=1S/C12H23N3O.C2H6/c1-3-4-8-12-11-15(14-13-12)9-6-5-7-10-16-2;1-2/h11H,3-10H2,1-2H3;1-2H3. The Hall–Kier alpha value is -0.900. The zero-order chi connectivity index (χ0) is 13.6. The van der Waals surface area contributed by atoms with Crippen molar-refractivity contribution in [2.75, 3.05) is 13.7 Å². The Kier molecular flexibility index (Phi) is 11.9. The van der Waals surface area contributed by atoms with Gasteiger partial charge in [0.2, 0.25) is 0 Å². The van der Waals surface area contributed by atoms with Crippen molar-refractivity contribution in [3.63, 3.8) is 0 Å². The van der Waals surface area contributed by atoms with Crippen molar-refractivity contribution in [1.82, 2.24) is 15.0 Å². The normalized spacial score (nSPS) is 10.0. The van der Waals surface area contributed by atoms with Crippen LogP contribution < -0.4 is 0 Å². The van der Waals surface area contributed by atoms with Crippen molar-refractivity contribution in [1.29, 1.82) is 0 Å². The molecule has 0 atom stereocenters. The fourth-order valence-corrected chi connectivity index (χ4v) is 1.62. The maximum atomic E-state index is 5.01. The smallest absolute Gasteiger partial charge is 0.0827 e. The summed E-state index contributed by atoms with van der Waals surface area (Å²) in [7, 11) is 1.75. The molecule has 18 heavy (non-hydrogen) atoms. The van der Waals surface area contributed by atoms with E-state index in [9.17, 15) is 0 Å². The topological polar surface area (TPSA) is 39.9 Å². The van der Waals surface area contributed by atoms with Crippen LogP contribution in [0.2, 0.25) is 0 Å². The van der Waals surface area contributed by atoms with E-state index in [2.05, 4.69) is 23.4 Å². The molecule has 0 spiro atoms. The van der Waals surface area contributed by atoms with E-state index in [0.717, 1.165) is 38.1 Å². The maximum Gasteiger partial charge on any atom is 0.0827 e. The number of unbranched alkanes of at least 4 members (excludes halogenated alkanes) is 3. The Labute approximate surface area is 112 Å². The van der Waals surface area contributed by atoms with Gasteiger partial charge in [-0.1, -0.05) is 32.4 Å². The summed E-state index contributed by atoms with van der Waals surface area (Å²) in [5.41, 5.74) is 1.12. The highest BCUT2D eigenvalue weighted by Gasteiger charge is 1.99. The first-order valence-corrected chi connectivity index (χ1v) is 7.24. The highest BCUT2D eigenvalue weighted by molar-refractivity contribution is 4.91. The van der Waals surface area contributed by atoms with Crippen LogP contribution in [0.1, 0.15) is 58.6 Å². The molecule has 106 valence electrons. The van der Waals surface area contributed by atoms with E-state index >= 15 is 0 Å². The van der Waals surface area contributed by atoms with Crippen molar-refractivity contribution in [3.05, 3.63) is 11.9 Å². The minimum atomic E-state index is 0.860. The predicted octanol–water partition coefficient (Wildman–Crippen LogP) is 3.46. The summed E-state index contributed by atoms with van der Waals surface area (Å²) < 4.78 is 6.96. The van der Waals surface area contributed by atoms with Crippen molar-refractivity contribution in [2.24, 2.45) is 0 Å². The van der Waals surface area contributed by atoms with E-state index in [1.54, 1.807) is 7.11 Å². The summed E-state index contributed by atoms with van der Waals surface area (Å²) in [5, 5.41) is 8.28. The molecule has 4 nitrogen and oxygen atoms in total. The van der Waals surface area contributed by atoms with Crippen LogP contribution in [0.4, 0.5) is 0 Å². The molecule has 0 fully saturated rings. The van der Waals surface area contributed by atoms with Gasteiger partial charge < -0.3 is 4.74 Å². The predicted molar refractivity (Wildman–Crippen MR) is 75.7 cm³/mol. The molecule has 1 heterocycles. The molecule has 0 bridgehead atoms. The lowest BCUT2D eigenvalue weighted by atomic mass is 10.2. The van der Waals surface area contributed by atoms with Crippen molar-refractivity contribution in [2.45, 2.75) is 65.8 Å². The summed E-state index contributed by atoms with van der Waals surface area (Å²) in [4.78, 5) is 0. The molecule has 0 saturated carbocycles. The fraction of sp³-hybridized carbons (Fsp3) is 0.857. The van der Waals surface area contributed by atoms with Gasteiger partial charge in [0.15, 0.2) is 0 Å². The van der Waals surface area contributed by atoms with Crippen LogP contribution in [0.15, 0.2) is 6.20 Å². The Morgan fingerprint density at radius 1 is 1.17 bits per heavy atom. The molecule has 0 aliphatic carbocycles. The molecule has 0 N–H and O–H groups in total. The lowest BCUT2D eigenvalue weighted by Crippen LogP contribution is -1.99. The highest BCUT2D eigenvalue weighted by atomic mass is 16.5. The molecular weight excluding hydrogens is 226 g/mol. The summed E-state index contributed by atoms with van der Waals surface area (Å²) in [6, 6.07) is 0. The average Bonchev–Trinajstić information content (AvgIpc) is 2.86. The zero-order valence-electron chi connectivity index (χ0n) is 12.5. The first-order chi connectivity index (χ1) is 8.86. The van der Waals surface area contributed by atoms with Crippen LogP contribution in [0.3, 0.4) is 0 Å². The molecule has 0 aliphatic heterocycles. The van der Waals surface area contributed by atoms with Gasteiger partial charge in [-0.15, -0.1) is 5.10 Å². The molecule has 0 radical (unpaired) electrons. The first-order valence-electron chi connectivity index (χ1n) is 7.24. The molecule has 0 amide bonds. The Balaban J connectivity index is 0.00000137. The molecule has 1 rings (SSSR count). The van der Waals surface area contributed by atoms with Gasteiger partial charge >= 0.3 is 0 Å². The average molecular weight is 255 g/mol. The third-order valence-electron chi connectivity index (χ3n) is 2.61. The van der Waals surface area contributed by atoms with Crippen molar-refractivity contribution >= 4 is 0 Å². The van der Waals surface area contributed by atoms with Crippen LogP contribution in [-0.4, -0.2) is 28.7 Å². The fourth-order valence-electron chi connectivity index (χ4n) is 1.62. The van der Waals surface area contributed by atoms with Crippen LogP contribution in [0.5, 0.6) is 0 Å². The lowest BCUT2D eigenvalue weighted by molar-refractivity contribution is 0.191. The minimum Gasteiger partial charge on any atom is -0.385 e. The SMILES string of the molecule is CC.CCCCc1cn(CCCCCOC)nn1.